The highest BCUT2D eigenvalue weighted by molar-refractivity contribution is 6.04. The van der Waals surface area contributed by atoms with Crippen molar-refractivity contribution in [1.82, 2.24) is 4.98 Å². The standard InChI is InChI=1S/C24H17FN2O3/c1-15(28)21-22(30-24(27-21)17-6-3-2-4-7-17)16-10-12-20(13-11-16)26-23(29)18-8-5-9-19(25)14-18/h2-14H,1H3,(H,26,29). The molecule has 0 fully saturated rings. The lowest BCUT2D eigenvalue weighted by Gasteiger charge is -2.06. The fourth-order valence-corrected chi connectivity index (χ4v) is 3.00. The van der Waals surface area contributed by atoms with Crippen LogP contribution in [-0.2, 0) is 0 Å². The first-order valence-corrected chi connectivity index (χ1v) is 9.26. The van der Waals surface area contributed by atoms with Gasteiger partial charge in [-0.1, -0.05) is 24.3 Å². The van der Waals surface area contributed by atoms with Crippen LogP contribution in [0.2, 0.25) is 0 Å². The summed E-state index contributed by atoms with van der Waals surface area (Å²) < 4.78 is 19.2. The number of aromatic nitrogens is 1. The van der Waals surface area contributed by atoms with E-state index in [2.05, 4.69) is 10.3 Å². The minimum absolute atomic E-state index is 0.209. The molecule has 1 heterocycles. The molecule has 30 heavy (non-hydrogen) atoms. The van der Waals surface area contributed by atoms with Crippen LogP contribution >= 0.6 is 0 Å². The smallest absolute Gasteiger partial charge is 0.255 e. The first-order valence-electron chi connectivity index (χ1n) is 9.26. The number of nitrogens with zero attached hydrogens (tertiary/aromatic N) is 1. The molecule has 1 aromatic heterocycles. The number of hydrogen-bond acceptors (Lipinski definition) is 4. The van der Waals surface area contributed by atoms with Crippen molar-refractivity contribution in [3.63, 3.8) is 0 Å². The van der Waals surface area contributed by atoms with Crippen molar-refractivity contribution >= 4 is 17.4 Å². The van der Waals surface area contributed by atoms with Crippen molar-refractivity contribution in [3.8, 4) is 22.8 Å². The molecule has 3 aromatic carbocycles. The second-order valence-electron chi connectivity index (χ2n) is 6.66. The van der Waals surface area contributed by atoms with E-state index in [1.165, 1.54) is 31.2 Å². The van der Waals surface area contributed by atoms with E-state index in [1.54, 1.807) is 24.3 Å². The van der Waals surface area contributed by atoms with Crippen LogP contribution in [0.5, 0.6) is 0 Å². The zero-order valence-electron chi connectivity index (χ0n) is 16.1. The Morgan fingerprint density at radius 3 is 2.30 bits per heavy atom. The van der Waals surface area contributed by atoms with Crippen molar-refractivity contribution < 1.29 is 18.4 Å². The fourth-order valence-electron chi connectivity index (χ4n) is 3.00. The minimum atomic E-state index is -0.478. The quantitative estimate of drug-likeness (QED) is 0.443. The number of Topliss-reactive ketones (excluding diaryl/α,β-unsaturated/α-hetero) is 1. The highest BCUT2D eigenvalue weighted by atomic mass is 19.1. The van der Waals surface area contributed by atoms with Gasteiger partial charge in [-0.3, -0.25) is 9.59 Å². The molecule has 4 rings (SSSR count). The van der Waals surface area contributed by atoms with E-state index in [1.807, 2.05) is 30.3 Å². The Morgan fingerprint density at radius 1 is 0.900 bits per heavy atom. The number of ketones is 1. The number of anilines is 1. The zero-order valence-corrected chi connectivity index (χ0v) is 16.1. The van der Waals surface area contributed by atoms with Crippen LogP contribution in [0.4, 0.5) is 10.1 Å². The van der Waals surface area contributed by atoms with Gasteiger partial charge in [-0.05, 0) is 54.6 Å². The number of hydrogen-bond donors (Lipinski definition) is 1. The number of carbonyl (C=O) groups excluding carboxylic acids is 2. The van der Waals surface area contributed by atoms with Crippen LogP contribution in [-0.4, -0.2) is 16.7 Å². The molecule has 0 bridgehead atoms. The first-order chi connectivity index (χ1) is 14.5. The van der Waals surface area contributed by atoms with Gasteiger partial charge in [0.25, 0.3) is 5.91 Å². The second kappa shape index (κ2) is 8.13. The van der Waals surface area contributed by atoms with Crippen LogP contribution in [0.15, 0.2) is 83.3 Å². The van der Waals surface area contributed by atoms with E-state index in [0.717, 1.165) is 5.56 Å². The van der Waals surface area contributed by atoms with Crippen molar-refractivity contribution in [2.24, 2.45) is 0 Å². The molecule has 0 aliphatic heterocycles. The molecule has 0 atom stereocenters. The first kappa shape index (κ1) is 19.3. The lowest BCUT2D eigenvalue weighted by atomic mass is 10.1. The number of oxazole rings is 1. The third kappa shape index (κ3) is 4.03. The lowest BCUT2D eigenvalue weighted by molar-refractivity contribution is 0.101. The number of carbonyl (C=O) groups is 2. The molecule has 0 aliphatic carbocycles. The van der Waals surface area contributed by atoms with Gasteiger partial charge in [0.15, 0.2) is 17.2 Å². The summed E-state index contributed by atoms with van der Waals surface area (Å²) >= 11 is 0. The molecule has 0 unspecified atom stereocenters. The Kier molecular flexibility index (Phi) is 5.22. The van der Waals surface area contributed by atoms with E-state index in [0.29, 0.717) is 22.9 Å². The Morgan fingerprint density at radius 2 is 1.63 bits per heavy atom. The highest BCUT2D eigenvalue weighted by Gasteiger charge is 2.19. The molecule has 148 valence electrons. The summed E-state index contributed by atoms with van der Waals surface area (Å²) in [4.78, 5) is 28.7. The predicted octanol–water partition coefficient (Wildman–Crippen LogP) is 5.60. The summed E-state index contributed by atoms with van der Waals surface area (Å²) in [6, 6.07) is 21.6. The van der Waals surface area contributed by atoms with E-state index >= 15 is 0 Å². The van der Waals surface area contributed by atoms with Crippen LogP contribution in [0.25, 0.3) is 22.8 Å². The van der Waals surface area contributed by atoms with Gasteiger partial charge in [-0.25, -0.2) is 9.37 Å². The third-order valence-electron chi connectivity index (χ3n) is 4.47. The topological polar surface area (TPSA) is 72.2 Å². The number of rotatable bonds is 5. The minimum Gasteiger partial charge on any atom is -0.435 e. The summed E-state index contributed by atoms with van der Waals surface area (Å²) in [7, 11) is 0. The molecule has 6 heteroatoms. The van der Waals surface area contributed by atoms with Crippen molar-refractivity contribution in [1.29, 1.82) is 0 Å². The van der Waals surface area contributed by atoms with Crippen LogP contribution < -0.4 is 5.32 Å². The van der Waals surface area contributed by atoms with E-state index in [9.17, 15) is 14.0 Å². The molecular formula is C24H17FN2O3. The average molecular weight is 400 g/mol. The molecule has 0 spiro atoms. The van der Waals surface area contributed by atoms with Crippen molar-refractivity contribution in [2.45, 2.75) is 6.92 Å². The summed E-state index contributed by atoms with van der Waals surface area (Å²) in [5.41, 5.74) is 2.41. The van der Waals surface area contributed by atoms with Gasteiger partial charge in [0.05, 0.1) is 0 Å². The maximum absolute atomic E-state index is 13.3. The Bertz CT molecular complexity index is 1210. The largest absolute Gasteiger partial charge is 0.435 e. The number of amides is 1. The number of nitrogens with one attached hydrogen (secondary N) is 1. The molecule has 4 aromatic rings. The molecule has 0 saturated heterocycles. The van der Waals surface area contributed by atoms with Crippen LogP contribution in [0.1, 0.15) is 27.8 Å². The molecular weight excluding hydrogens is 383 g/mol. The van der Waals surface area contributed by atoms with Gasteiger partial charge in [-0.15, -0.1) is 0 Å². The van der Waals surface area contributed by atoms with Gasteiger partial charge >= 0.3 is 0 Å². The molecule has 1 N–H and O–H groups in total. The summed E-state index contributed by atoms with van der Waals surface area (Å²) in [6.07, 6.45) is 0. The van der Waals surface area contributed by atoms with Crippen LogP contribution in [0, 0.1) is 5.82 Å². The Labute approximate surface area is 172 Å². The number of benzene rings is 3. The lowest BCUT2D eigenvalue weighted by Crippen LogP contribution is -2.11. The number of halogens is 1. The van der Waals surface area contributed by atoms with E-state index in [4.69, 9.17) is 4.42 Å². The maximum atomic E-state index is 13.3. The van der Waals surface area contributed by atoms with E-state index < -0.39 is 11.7 Å². The predicted molar refractivity (Wildman–Crippen MR) is 112 cm³/mol. The highest BCUT2D eigenvalue weighted by Crippen LogP contribution is 2.31. The van der Waals surface area contributed by atoms with Gasteiger partial charge in [0.2, 0.25) is 5.89 Å². The summed E-state index contributed by atoms with van der Waals surface area (Å²) in [6.45, 7) is 1.43. The monoisotopic (exact) mass is 400 g/mol. The molecule has 1 amide bonds. The summed E-state index contributed by atoms with van der Waals surface area (Å²) in [5.74, 6) is -0.380. The SMILES string of the molecule is CC(=O)c1nc(-c2ccccc2)oc1-c1ccc(NC(=O)c2cccc(F)c2)cc1. The second-order valence-corrected chi connectivity index (χ2v) is 6.66. The molecule has 0 radical (unpaired) electrons. The van der Waals surface area contributed by atoms with Gasteiger partial charge < -0.3 is 9.73 Å². The van der Waals surface area contributed by atoms with Gasteiger partial charge in [0.1, 0.15) is 5.82 Å². The Balaban J connectivity index is 1.60. The van der Waals surface area contributed by atoms with Crippen molar-refractivity contribution in [3.05, 3.63) is 95.9 Å². The molecule has 0 aliphatic rings. The summed E-state index contributed by atoms with van der Waals surface area (Å²) in [5, 5.41) is 2.71. The molecule has 5 nitrogen and oxygen atoms in total. The Hall–Kier alpha value is -4.06. The van der Waals surface area contributed by atoms with Crippen molar-refractivity contribution in [2.75, 3.05) is 5.32 Å². The fraction of sp³-hybridized carbons (Fsp3) is 0.0417. The molecule has 0 saturated carbocycles. The maximum Gasteiger partial charge on any atom is 0.255 e. The normalized spacial score (nSPS) is 10.6. The average Bonchev–Trinajstić information content (AvgIpc) is 3.21. The van der Waals surface area contributed by atoms with Gasteiger partial charge in [-0.2, -0.15) is 0 Å². The third-order valence-corrected chi connectivity index (χ3v) is 4.47. The van der Waals surface area contributed by atoms with Gasteiger partial charge in [0, 0.05) is 29.3 Å². The zero-order chi connectivity index (χ0) is 21.1. The van der Waals surface area contributed by atoms with Crippen LogP contribution in [0.3, 0.4) is 0 Å². The van der Waals surface area contributed by atoms with E-state index in [-0.39, 0.29) is 17.0 Å².